The van der Waals surface area contributed by atoms with E-state index in [1.54, 1.807) is 0 Å². The smallest absolute Gasteiger partial charge is 0.162 e. The van der Waals surface area contributed by atoms with E-state index in [9.17, 15) is 0 Å². The molecular formula is C59H37N5O. The number of aromatic nitrogens is 5. The molecule has 9 aromatic carbocycles. The van der Waals surface area contributed by atoms with Crippen LogP contribution in [0.5, 0.6) is 0 Å². The van der Waals surface area contributed by atoms with Crippen molar-refractivity contribution in [1.82, 2.24) is 24.1 Å². The minimum atomic E-state index is 0.776. The lowest BCUT2D eigenvalue weighted by atomic mass is 9.93. The Morgan fingerprint density at radius 2 is 0.754 bits per heavy atom. The van der Waals surface area contributed by atoms with Gasteiger partial charge >= 0.3 is 0 Å². The number of hydrogen-bond acceptors (Lipinski definition) is 4. The van der Waals surface area contributed by atoms with Gasteiger partial charge < -0.3 is 4.42 Å². The van der Waals surface area contributed by atoms with Gasteiger partial charge in [0, 0.05) is 44.2 Å². The van der Waals surface area contributed by atoms with E-state index in [0.29, 0.717) is 0 Å². The van der Waals surface area contributed by atoms with Crippen molar-refractivity contribution < 1.29 is 4.42 Å². The van der Waals surface area contributed by atoms with E-state index in [4.69, 9.17) is 19.4 Å². The fourth-order valence-corrected chi connectivity index (χ4v) is 9.47. The molecule has 4 aromatic heterocycles. The first-order valence-corrected chi connectivity index (χ1v) is 21.8. The maximum atomic E-state index is 6.73. The molecule has 6 heteroatoms. The average Bonchev–Trinajstić information content (AvgIpc) is 4.09. The third kappa shape index (κ3) is 6.15. The van der Waals surface area contributed by atoms with E-state index >= 15 is 0 Å². The van der Waals surface area contributed by atoms with Crippen LogP contribution in [0.25, 0.3) is 123 Å². The van der Waals surface area contributed by atoms with Crippen molar-refractivity contribution in [2.45, 2.75) is 0 Å². The van der Waals surface area contributed by atoms with E-state index < -0.39 is 0 Å². The topological polar surface area (TPSA) is 61.7 Å². The highest BCUT2D eigenvalue weighted by Crippen LogP contribution is 2.42. The van der Waals surface area contributed by atoms with Gasteiger partial charge in [-0.15, -0.1) is 0 Å². The molecule has 0 atom stereocenters. The van der Waals surface area contributed by atoms with Gasteiger partial charge in [0.25, 0.3) is 0 Å². The molecule has 0 radical (unpaired) electrons. The number of furan rings is 1. The first-order valence-electron chi connectivity index (χ1n) is 21.8. The van der Waals surface area contributed by atoms with Gasteiger partial charge in [0.05, 0.1) is 27.6 Å². The standard InChI is InChI=1S/C59H37N5O/c1-3-15-45(16-4-1)63-52-24-12-10-22-50(52)61-58(63)40-31-27-38(28-32-40)42-35-43(37-44(36-42)56-57-55(47-19-7-9-21-49(47)60-56)48-20-8-14-26-54(48)65-57)39-29-33-41(34-30-39)59-62-51-23-11-13-25-53(51)64(59)46-17-5-2-6-18-46/h1-37H. The molecule has 65 heavy (non-hydrogen) atoms. The molecular weight excluding hydrogens is 795 g/mol. The van der Waals surface area contributed by atoms with E-state index in [1.165, 1.54) is 0 Å². The fraction of sp³-hybridized carbons (Fsp3) is 0. The predicted octanol–water partition coefficient (Wildman–Crippen LogP) is 15.1. The molecule has 0 amide bonds. The molecule has 4 heterocycles. The van der Waals surface area contributed by atoms with Crippen LogP contribution in [0.15, 0.2) is 229 Å². The predicted molar refractivity (Wildman–Crippen MR) is 265 cm³/mol. The third-order valence-corrected chi connectivity index (χ3v) is 12.5. The SMILES string of the molecule is c1ccc(-n2c(-c3ccc(-c4cc(-c5ccc(-c6nc7ccccc7n6-c6ccccc6)cc5)cc(-c5nc6ccccc6c6c5oc5ccccc56)c4)cc3)nc3ccccc32)cc1. The normalized spacial score (nSPS) is 11.7. The second-order valence-electron chi connectivity index (χ2n) is 16.4. The van der Waals surface area contributed by atoms with Crippen LogP contribution in [0.3, 0.4) is 0 Å². The summed E-state index contributed by atoms with van der Waals surface area (Å²) < 4.78 is 11.2. The Morgan fingerprint density at radius 1 is 0.323 bits per heavy atom. The van der Waals surface area contributed by atoms with Crippen molar-refractivity contribution in [3.8, 4) is 67.7 Å². The minimum Gasteiger partial charge on any atom is -0.454 e. The van der Waals surface area contributed by atoms with Gasteiger partial charge in [-0.05, 0) is 101 Å². The molecule has 0 spiro atoms. The van der Waals surface area contributed by atoms with Crippen molar-refractivity contribution in [3.05, 3.63) is 224 Å². The highest BCUT2D eigenvalue weighted by Gasteiger charge is 2.21. The molecule has 0 fully saturated rings. The summed E-state index contributed by atoms with van der Waals surface area (Å²) in [6, 6.07) is 78.5. The zero-order valence-electron chi connectivity index (χ0n) is 35.0. The number of hydrogen-bond donors (Lipinski definition) is 0. The summed E-state index contributed by atoms with van der Waals surface area (Å²) in [6.45, 7) is 0. The number of pyridine rings is 1. The quantitative estimate of drug-likeness (QED) is 0.160. The second-order valence-corrected chi connectivity index (χ2v) is 16.4. The lowest BCUT2D eigenvalue weighted by Crippen LogP contribution is -1.97. The van der Waals surface area contributed by atoms with Crippen LogP contribution in [0, 0.1) is 0 Å². The van der Waals surface area contributed by atoms with E-state index in [0.717, 1.165) is 123 Å². The highest BCUT2D eigenvalue weighted by atomic mass is 16.3. The monoisotopic (exact) mass is 831 g/mol. The average molecular weight is 832 g/mol. The molecule has 0 bridgehead atoms. The lowest BCUT2D eigenvalue weighted by Gasteiger charge is -2.14. The number of rotatable bonds is 7. The van der Waals surface area contributed by atoms with Crippen LogP contribution in [-0.4, -0.2) is 24.1 Å². The van der Waals surface area contributed by atoms with Crippen molar-refractivity contribution in [3.63, 3.8) is 0 Å². The molecule has 0 N–H and O–H groups in total. The van der Waals surface area contributed by atoms with Crippen LogP contribution < -0.4 is 0 Å². The van der Waals surface area contributed by atoms with E-state index in [2.05, 4.69) is 197 Å². The zero-order valence-corrected chi connectivity index (χ0v) is 35.0. The van der Waals surface area contributed by atoms with E-state index in [-0.39, 0.29) is 0 Å². The molecule has 0 saturated heterocycles. The molecule has 13 rings (SSSR count). The summed E-state index contributed by atoms with van der Waals surface area (Å²) in [6.07, 6.45) is 0. The number of fused-ring (bicyclic) bond motifs is 7. The lowest BCUT2D eigenvalue weighted by molar-refractivity contribution is 0.669. The van der Waals surface area contributed by atoms with Crippen LogP contribution in [0.4, 0.5) is 0 Å². The Morgan fingerprint density at radius 3 is 1.31 bits per heavy atom. The van der Waals surface area contributed by atoms with Gasteiger partial charge in [0.1, 0.15) is 22.9 Å². The van der Waals surface area contributed by atoms with Crippen molar-refractivity contribution in [2.24, 2.45) is 0 Å². The van der Waals surface area contributed by atoms with Crippen molar-refractivity contribution in [1.29, 1.82) is 0 Å². The second kappa shape index (κ2) is 14.9. The Labute approximate surface area is 374 Å². The highest BCUT2D eigenvalue weighted by molar-refractivity contribution is 6.21. The molecule has 0 aliphatic carbocycles. The maximum Gasteiger partial charge on any atom is 0.162 e. The molecule has 0 saturated carbocycles. The van der Waals surface area contributed by atoms with Crippen LogP contribution in [0.2, 0.25) is 0 Å². The van der Waals surface area contributed by atoms with Crippen LogP contribution in [0.1, 0.15) is 0 Å². The summed E-state index contributed by atoms with van der Waals surface area (Å²) >= 11 is 0. The number of para-hydroxylation sites is 8. The van der Waals surface area contributed by atoms with Crippen molar-refractivity contribution >= 4 is 54.9 Å². The summed E-state index contributed by atoms with van der Waals surface area (Å²) in [4.78, 5) is 15.6. The first kappa shape index (κ1) is 36.8. The Balaban J connectivity index is 0.978. The Kier molecular flexibility index (Phi) is 8.42. The van der Waals surface area contributed by atoms with Gasteiger partial charge in [-0.2, -0.15) is 0 Å². The Bertz CT molecular complexity index is 3740. The maximum absolute atomic E-state index is 6.73. The number of nitrogens with zero attached hydrogens (tertiary/aromatic N) is 5. The molecule has 6 nitrogen and oxygen atoms in total. The summed E-state index contributed by atoms with van der Waals surface area (Å²) in [5.41, 5.74) is 16.8. The van der Waals surface area contributed by atoms with E-state index in [1.807, 2.05) is 36.4 Å². The van der Waals surface area contributed by atoms with Gasteiger partial charge in [0.15, 0.2) is 5.58 Å². The molecule has 0 aliphatic heterocycles. The molecule has 13 aromatic rings. The zero-order chi connectivity index (χ0) is 42.8. The van der Waals surface area contributed by atoms with Gasteiger partial charge in [-0.1, -0.05) is 146 Å². The summed E-state index contributed by atoms with van der Waals surface area (Å²) in [7, 11) is 0. The third-order valence-electron chi connectivity index (χ3n) is 12.5. The van der Waals surface area contributed by atoms with Gasteiger partial charge in [0.2, 0.25) is 0 Å². The van der Waals surface area contributed by atoms with Crippen LogP contribution in [-0.2, 0) is 0 Å². The van der Waals surface area contributed by atoms with Crippen molar-refractivity contribution in [2.75, 3.05) is 0 Å². The van der Waals surface area contributed by atoms with Gasteiger partial charge in [-0.3, -0.25) is 9.13 Å². The fourth-order valence-electron chi connectivity index (χ4n) is 9.47. The van der Waals surface area contributed by atoms with Crippen LogP contribution >= 0.6 is 0 Å². The minimum absolute atomic E-state index is 0.776. The molecule has 304 valence electrons. The number of benzene rings is 9. The number of imidazole rings is 2. The molecule has 0 aliphatic rings. The first-order chi connectivity index (χ1) is 32.2. The largest absolute Gasteiger partial charge is 0.454 e. The summed E-state index contributed by atoms with van der Waals surface area (Å²) in [5, 5.41) is 3.22. The summed E-state index contributed by atoms with van der Waals surface area (Å²) in [5.74, 6) is 1.79. The van der Waals surface area contributed by atoms with Gasteiger partial charge in [-0.25, -0.2) is 15.0 Å². The Hall–Kier alpha value is -8.87. The molecule has 0 unspecified atom stereocenters.